The molecule has 0 unspecified atom stereocenters. The van der Waals surface area contributed by atoms with Crippen LogP contribution in [0.3, 0.4) is 0 Å². The van der Waals surface area contributed by atoms with Crippen molar-refractivity contribution >= 4 is 22.4 Å². The summed E-state index contributed by atoms with van der Waals surface area (Å²) >= 11 is 0. The van der Waals surface area contributed by atoms with Crippen LogP contribution in [0.15, 0.2) is 55.2 Å². The van der Waals surface area contributed by atoms with Crippen molar-refractivity contribution in [1.29, 1.82) is 0 Å². The number of carbonyl (C=O) groups excluding carboxylic acids is 1. The van der Waals surface area contributed by atoms with Gasteiger partial charge in [-0.25, -0.2) is 4.98 Å². The number of anilines is 1. The molecule has 0 aromatic carbocycles. The summed E-state index contributed by atoms with van der Waals surface area (Å²) in [7, 11) is 1.88. The van der Waals surface area contributed by atoms with E-state index in [1.807, 2.05) is 31.4 Å². The van der Waals surface area contributed by atoms with E-state index < -0.39 is 0 Å². The molecule has 0 aliphatic carbocycles. The standard InChI is InChI=1S/C23H23N7O/c1-29-15-19(14-28-29)21-9-17-8-20(26-12-18(17)13-27-21)11-22(31)16-2-3-25-23(10-16)30-6-4-24-5-7-30/h2-3,8-10,12-15,24H,4-7,11H2,1H3. The van der Waals surface area contributed by atoms with Crippen molar-refractivity contribution in [2.45, 2.75) is 6.42 Å². The fourth-order valence-electron chi connectivity index (χ4n) is 3.82. The number of aryl methyl sites for hydroxylation is 1. The molecule has 0 spiro atoms. The second kappa shape index (κ2) is 8.23. The molecule has 4 aromatic heterocycles. The molecular formula is C23H23N7O. The molecular weight excluding hydrogens is 390 g/mol. The number of nitrogens with zero attached hydrogens (tertiary/aromatic N) is 6. The third kappa shape index (κ3) is 4.15. The maximum Gasteiger partial charge on any atom is 0.169 e. The van der Waals surface area contributed by atoms with Crippen LogP contribution in [0.1, 0.15) is 16.1 Å². The smallest absolute Gasteiger partial charge is 0.169 e. The SMILES string of the molecule is Cn1cc(-c2cc3cc(CC(=O)c4ccnc(N5CCNCC5)c4)ncc3cn2)cn1. The van der Waals surface area contributed by atoms with Crippen molar-refractivity contribution in [3.8, 4) is 11.3 Å². The van der Waals surface area contributed by atoms with Crippen LogP contribution in [0.4, 0.5) is 5.82 Å². The lowest BCUT2D eigenvalue weighted by Crippen LogP contribution is -2.43. The van der Waals surface area contributed by atoms with Crippen LogP contribution >= 0.6 is 0 Å². The van der Waals surface area contributed by atoms with Gasteiger partial charge in [0.25, 0.3) is 0 Å². The Hall–Kier alpha value is -3.65. The highest BCUT2D eigenvalue weighted by Crippen LogP contribution is 2.22. The van der Waals surface area contributed by atoms with Crippen molar-refractivity contribution in [3.63, 3.8) is 0 Å². The Bertz CT molecular complexity index is 1240. The van der Waals surface area contributed by atoms with Gasteiger partial charge < -0.3 is 10.2 Å². The summed E-state index contributed by atoms with van der Waals surface area (Å²) in [5, 5.41) is 9.48. The zero-order chi connectivity index (χ0) is 21.2. The lowest BCUT2D eigenvalue weighted by molar-refractivity contribution is 0.0992. The molecule has 1 aliphatic rings. The summed E-state index contributed by atoms with van der Waals surface area (Å²) in [5.74, 6) is 0.887. The van der Waals surface area contributed by atoms with Crippen LogP contribution < -0.4 is 10.2 Å². The number of Topliss-reactive ketones (excluding diaryl/α,β-unsaturated/α-hetero) is 1. The third-order valence-corrected chi connectivity index (χ3v) is 5.51. The summed E-state index contributed by atoms with van der Waals surface area (Å²) < 4.78 is 1.75. The van der Waals surface area contributed by atoms with Crippen molar-refractivity contribution in [1.82, 2.24) is 30.0 Å². The van der Waals surface area contributed by atoms with Crippen LogP contribution in [-0.4, -0.2) is 56.7 Å². The molecule has 0 saturated carbocycles. The minimum atomic E-state index is 0.0344. The first kappa shape index (κ1) is 19.3. The fourth-order valence-corrected chi connectivity index (χ4v) is 3.82. The van der Waals surface area contributed by atoms with E-state index in [-0.39, 0.29) is 12.2 Å². The van der Waals surface area contributed by atoms with Gasteiger partial charge in [0.1, 0.15) is 5.82 Å². The van der Waals surface area contributed by atoms with E-state index in [1.165, 1.54) is 0 Å². The van der Waals surface area contributed by atoms with Crippen LogP contribution in [0.2, 0.25) is 0 Å². The highest BCUT2D eigenvalue weighted by molar-refractivity contribution is 5.98. The molecule has 5 rings (SSSR count). The number of rotatable bonds is 5. The number of hydrogen-bond acceptors (Lipinski definition) is 7. The van der Waals surface area contributed by atoms with Gasteiger partial charge >= 0.3 is 0 Å². The van der Waals surface area contributed by atoms with E-state index in [0.29, 0.717) is 5.56 Å². The van der Waals surface area contributed by atoms with E-state index in [0.717, 1.165) is 59.7 Å². The van der Waals surface area contributed by atoms with Crippen LogP contribution in [0, 0.1) is 0 Å². The van der Waals surface area contributed by atoms with Gasteiger partial charge in [-0.2, -0.15) is 5.10 Å². The second-order valence-electron chi connectivity index (χ2n) is 7.73. The topological polar surface area (TPSA) is 88.8 Å². The maximum atomic E-state index is 13.0. The van der Waals surface area contributed by atoms with Crippen LogP contribution in [-0.2, 0) is 13.5 Å². The Morgan fingerprint density at radius 3 is 2.68 bits per heavy atom. The summed E-state index contributed by atoms with van der Waals surface area (Å²) in [4.78, 5) is 28.6. The second-order valence-corrected chi connectivity index (χ2v) is 7.73. The minimum absolute atomic E-state index is 0.0344. The average molecular weight is 413 g/mol. The van der Waals surface area contributed by atoms with Gasteiger partial charge in [0, 0.05) is 80.2 Å². The van der Waals surface area contributed by atoms with Gasteiger partial charge in [0.15, 0.2) is 5.78 Å². The van der Waals surface area contributed by atoms with Gasteiger partial charge in [-0.05, 0) is 29.7 Å². The number of carbonyl (C=O) groups is 1. The highest BCUT2D eigenvalue weighted by atomic mass is 16.1. The van der Waals surface area contributed by atoms with Crippen molar-refractivity contribution < 1.29 is 4.79 Å². The number of piperazine rings is 1. The van der Waals surface area contributed by atoms with Crippen LogP contribution in [0.5, 0.6) is 0 Å². The predicted molar refractivity (Wildman–Crippen MR) is 119 cm³/mol. The lowest BCUT2D eigenvalue weighted by atomic mass is 10.0. The molecule has 0 amide bonds. The zero-order valence-electron chi connectivity index (χ0n) is 17.3. The Morgan fingerprint density at radius 2 is 1.87 bits per heavy atom. The van der Waals surface area contributed by atoms with Gasteiger partial charge in [0.05, 0.1) is 18.3 Å². The van der Waals surface area contributed by atoms with Crippen molar-refractivity contribution in [3.05, 3.63) is 66.5 Å². The summed E-state index contributed by atoms with van der Waals surface area (Å²) in [5.41, 5.74) is 3.20. The molecule has 8 nitrogen and oxygen atoms in total. The molecule has 1 fully saturated rings. The fraction of sp³-hybridized carbons (Fsp3) is 0.261. The molecule has 5 heterocycles. The highest BCUT2D eigenvalue weighted by Gasteiger charge is 2.15. The number of ketones is 1. The molecule has 156 valence electrons. The van der Waals surface area contributed by atoms with Crippen LogP contribution in [0.25, 0.3) is 22.0 Å². The molecule has 0 atom stereocenters. The van der Waals surface area contributed by atoms with Crippen molar-refractivity contribution in [2.75, 3.05) is 31.1 Å². The molecule has 4 aromatic rings. The third-order valence-electron chi connectivity index (χ3n) is 5.51. The monoisotopic (exact) mass is 413 g/mol. The average Bonchev–Trinajstić information content (AvgIpc) is 3.25. The molecule has 1 N–H and O–H groups in total. The van der Waals surface area contributed by atoms with Gasteiger partial charge in [0.2, 0.25) is 0 Å². The number of fused-ring (bicyclic) bond motifs is 1. The van der Waals surface area contributed by atoms with E-state index in [2.05, 4.69) is 30.3 Å². The number of aromatic nitrogens is 5. The van der Waals surface area contributed by atoms with E-state index in [1.54, 1.807) is 35.5 Å². The number of nitrogens with one attached hydrogen (secondary N) is 1. The molecule has 1 aliphatic heterocycles. The first-order valence-electron chi connectivity index (χ1n) is 10.3. The number of hydrogen-bond donors (Lipinski definition) is 1. The largest absolute Gasteiger partial charge is 0.354 e. The Balaban J connectivity index is 1.37. The van der Waals surface area contributed by atoms with E-state index in [4.69, 9.17) is 0 Å². The van der Waals surface area contributed by atoms with E-state index in [9.17, 15) is 4.79 Å². The minimum Gasteiger partial charge on any atom is -0.354 e. The summed E-state index contributed by atoms with van der Waals surface area (Å²) in [6.07, 6.45) is 9.25. The predicted octanol–water partition coefficient (Wildman–Crippen LogP) is 2.26. The van der Waals surface area contributed by atoms with Gasteiger partial charge in [-0.3, -0.25) is 19.4 Å². The molecule has 0 bridgehead atoms. The first-order valence-corrected chi connectivity index (χ1v) is 10.3. The van der Waals surface area contributed by atoms with Gasteiger partial charge in [-0.15, -0.1) is 0 Å². The maximum absolute atomic E-state index is 13.0. The van der Waals surface area contributed by atoms with E-state index >= 15 is 0 Å². The number of pyridine rings is 3. The Kier molecular flexibility index (Phi) is 5.13. The zero-order valence-corrected chi connectivity index (χ0v) is 17.3. The molecule has 0 radical (unpaired) electrons. The normalized spacial score (nSPS) is 14.2. The summed E-state index contributed by atoms with van der Waals surface area (Å²) in [6, 6.07) is 7.64. The summed E-state index contributed by atoms with van der Waals surface area (Å²) in [6.45, 7) is 3.64. The molecule has 1 saturated heterocycles. The first-order chi connectivity index (χ1) is 15.2. The molecule has 8 heteroatoms. The molecule has 31 heavy (non-hydrogen) atoms. The van der Waals surface area contributed by atoms with Crippen molar-refractivity contribution in [2.24, 2.45) is 7.05 Å². The Labute approximate surface area is 180 Å². The lowest BCUT2D eigenvalue weighted by Gasteiger charge is -2.28. The Morgan fingerprint density at radius 1 is 1.03 bits per heavy atom. The quantitative estimate of drug-likeness (QED) is 0.502. The van der Waals surface area contributed by atoms with Gasteiger partial charge in [-0.1, -0.05) is 0 Å².